The summed E-state index contributed by atoms with van der Waals surface area (Å²) in [6, 6.07) is 5.43. The maximum absolute atomic E-state index is 9.51. The van der Waals surface area contributed by atoms with Crippen molar-refractivity contribution < 1.29 is 14.9 Å². The zero-order valence-corrected chi connectivity index (χ0v) is 11.2. The Bertz CT molecular complexity index is 355. The molecular weight excluding hydrogens is 230 g/mol. The number of aromatic hydroxyl groups is 1. The molecule has 0 bridgehead atoms. The maximum atomic E-state index is 9.51. The summed E-state index contributed by atoms with van der Waals surface area (Å²) in [4.78, 5) is 2.23. The average molecular weight is 253 g/mol. The van der Waals surface area contributed by atoms with Gasteiger partial charge in [0.15, 0.2) is 11.5 Å². The highest BCUT2D eigenvalue weighted by Gasteiger charge is 2.05. The maximum Gasteiger partial charge on any atom is 0.160 e. The number of hydrogen-bond acceptors (Lipinski definition) is 4. The van der Waals surface area contributed by atoms with Crippen molar-refractivity contribution in [3.05, 3.63) is 23.8 Å². The average Bonchev–Trinajstić information content (AvgIpc) is 2.37. The molecule has 0 atom stereocenters. The van der Waals surface area contributed by atoms with Crippen LogP contribution in [0, 0.1) is 0 Å². The predicted octanol–water partition coefficient (Wildman–Crippen LogP) is 2.00. The van der Waals surface area contributed by atoms with Crippen LogP contribution in [0.1, 0.15) is 24.8 Å². The van der Waals surface area contributed by atoms with Gasteiger partial charge in [0.05, 0.1) is 7.11 Å². The fourth-order valence-corrected chi connectivity index (χ4v) is 1.88. The lowest BCUT2D eigenvalue weighted by molar-refractivity contribution is 0.271. The Kier molecular flexibility index (Phi) is 6.54. The zero-order chi connectivity index (χ0) is 13.4. The van der Waals surface area contributed by atoms with Crippen molar-refractivity contribution in [2.45, 2.75) is 25.8 Å². The number of unbranched alkanes of at least 4 members (excludes halogenated alkanes) is 2. The monoisotopic (exact) mass is 253 g/mol. The first-order valence-electron chi connectivity index (χ1n) is 6.32. The van der Waals surface area contributed by atoms with Crippen LogP contribution >= 0.6 is 0 Å². The van der Waals surface area contributed by atoms with Gasteiger partial charge in [0.25, 0.3) is 0 Å². The third-order valence-corrected chi connectivity index (χ3v) is 2.89. The van der Waals surface area contributed by atoms with Gasteiger partial charge in [-0.15, -0.1) is 0 Å². The van der Waals surface area contributed by atoms with Crippen LogP contribution in [0.5, 0.6) is 11.5 Å². The summed E-state index contributed by atoms with van der Waals surface area (Å²) >= 11 is 0. The Labute approximate surface area is 109 Å². The molecule has 0 aromatic heterocycles. The van der Waals surface area contributed by atoms with E-state index in [4.69, 9.17) is 9.84 Å². The molecule has 0 spiro atoms. The number of aliphatic hydroxyl groups excluding tert-OH is 1. The van der Waals surface area contributed by atoms with Crippen molar-refractivity contribution in [3.63, 3.8) is 0 Å². The normalized spacial score (nSPS) is 10.9. The van der Waals surface area contributed by atoms with E-state index in [1.54, 1.807) is 13.2 Å². The van der Waals surface area contributed by atoms with Crippen LogP contribution in [0.2, 0.25) is 0 Å². The van der Waals surface area contributed by atoms with E-state index in [0.29, 0.717) is 5.75 Å². The number of methoxy groups -OCH3 is 1. The Morgan fingerprint density at radius 1 is 1.22 bits per heavy atom. The lowest BCUT2D eigenvalue weighted by Gasteiger charge is -2.17. The molecule has 18 heavy (non-hydrogen) atoms. The van der Waals surface area contributed by atoms with Gasteiger partial charge < -0.3 is 19.8 Å². The highest BCUT2D eigenvalue weighted by Crippen LogP contribution is 2.26. The molecule has 1 rings (SSSR count). The molecule has 102 valence electrons. The molecule has 0 aliphatic rings. The van der Waals surface area contributed by atoms with Crippen LogP contribution in [-0.2, 0) is 6.54 Å². The smallest absolute Gasteiger partial charge is 0.160 e. The second kappa shape index (κ2) is 7.95. The minimum absolute atomic E-state index is 0.173. The topological polar surface area (TPSA) is 52.9 Å². The molecule has 0 amide bonds. The van der Waals surface area contributed by atoms with Crippen LogP contribution in [0.3, 0.4) is 0 Å². The summed E-state index contributed by atoms with van der Waals surface area (Å²) in [5, 5.41) is 18.2. The molecule has 0 radical (unpaired) electrons. The van der Waals surface area contributed by atoms with Crippen molar-refractivity contribution in [3.8, 4) is 11.5 Å². The lowest BCUT2D eigenvalue weighted by atomic mass is 10.2. The van der Waals surface area contributed by atoms with E-state index in [1.807, 2.05) is 12.1 Å². The van der Waals surface area contributed by atoms with Crippen LogP contribution < -0.4 is 4.74 Å². The van der Waals surface area contributed by atoms with Crippen LogP contribution in [0.4, 0.5) is 0 Å². The Morgan fingerprint density at radius 2 is 2.00 bits per heavy atom. The number of aliphatic hydroxyl groups is 1. The van der Waals surface area contributed by atoms with E-state index in [2.05, 4.69) is 11.9 Å². The number of phenolic OH excluding ortho intramolecular Hbond substituents is 1. The number of hydrogen-bond donors (Lipinski definition) is 2. The minimum Gasteiger partial charge on any atom is -0.504 e. The van der Waals surface area contributed by atoms with Crippen molar-refractivity contribution in [1.29, 1.82) is 0 Å². The summed E-state index contributed by atoms with van der Waals surface area (Å²) in [5.74, 6) is 0.688. The van der Waals surface area contributed by atoms with E-state index in [-0.39, 0.29) is 12.4 Å². The summed E-state index contributed by atoms with van der Waals surface area (Å²) in [7, 11) is 3.62. The van der Waals surface area contributed by atoms with Gasteiger partial charge in [-0.25, -0.2) is 0 Å². The number of phenols is 1. The molecule has 2 N–H and O–H groups in total. The van der Waals surface area contributed by atoms with Gasteiger partial charge in [-0.3, -0.25) is 0 Å². The minimum atomic E-state index is 0.173. The van der Waals surface area contributed by atoms with Gasteiger partial charge in [-0.1, -0.05) is 6.07 Å². The Hall–Kier alpha value is -1.26. The quantitative estimate of drug-likeness (QED) is 0.696. The molecule has 0 aliphatic carbocycles. The molecular formula is C14H23NO3. The summed E-state index contributed by atoms with van der Waals surface area (Å²) in [5.41, 5.74) is 1.12. The van der Waals surface area contributed by atoms with Gasteiger partial charge in [0, 0.05) is 13.2 Å². The molecule has 0 fully saturated rings. The van der Waals surface area contributed by atoms with Crippen LogP contribution in [0.15, 0.2) is 18.2 Å². The molecule has 1 aromatic rings. The molecule has 0 saturated heterocycles. The van der Waals surface area contributed by atoms with E-state index < -0.39 is 0 Å². The Morgan fingerprint density at radius 3 is 2.67 bits per heavy atom. The number of benzene rings is 1. The first-order valence-corrected chi connectivity index (χ1v) is 6.32. The molecule has 0 heterocycles. The Balaban J connectivity index is 2.41. The van der Waals surface area contributed by atoms with Gasteiger partial charge >= 0.3 is 0 Å². The van der Waals surface area contributed by atoms with Gasteiger partial charge in [0.1, 0.15) is 0 Å². The van der Waals surface area contributed by atoms with E-state index in [0.717, 1.165) is 37.9 Å². The van der Waals surface area contributed by atoms with E-state index in [9.17, 15) is 5.11 Å². The third kappa shape index (κ3) is 4.94. The summed E-state index contributed by atoms with van der Waals surface area (Å²) < 4.78 is 5.08. The van der Waals surface area contributed by atoms with Crippen molar-refractivity contribution in [2.75, 3.05) is 27.3 Å². The molecule has 1 aromatic carbocycles. The lowest BCUT2D eigenvalue weighted by Crippen LogP contribution is -2.19. The third-order valence-electron chi connectivity index (χ3n) is 2.89. The van der Waals surface area contributed by atoms with Crippen molar-refractivity contribution in [1.82, 2.24) is 4.90 Å². The first-order chi connectivity index (χ1) is 8.67. The second-order valence-electron chi connectivity index (χ2n) is 4.53. The predicted molar refractivity (Wildman–Crippen MR) is 71.9 cm³/mol. The fraction of sp³-hybridized carbons (Fsp3) is 0.571. The molecule has 0 saturated carbocycles. The second-order valence-corrected chi connectivity index (χ2v) is 4.53. The number of ether oxygens (including phenoxy) is 1. The van der Waals surface area contributed by atoms with Crippen molar-refractivity contribution in [2.24, 2.45) is 0 Å². The van der Waals surface area contributed by atoms with Gasteiger partial charge in [-0.05, 0) is 50.6 Å². The van der Waals surface area contributed by atoms with Gasteiger partial charge in [-0.2, -0.15) is 0 Å². The standard InChI is InChI=1S/C14H23NO3/c1-15(8-4-3-5-9-16)11-12-6-7-13(17)14(10-12)18-2/h6-7,10,16-17H,3-5,8-9,11H2,1-2H3. The van der Waals surface area contributed by atoms with Crippen molar-refractivity contribution >= 4 is 0 Å². The van der Waals surface area contributed by atoms with Crippen LogP contribution in [-0.4, -0.2) is 42.4 Å². The highest BCUT2D eigenvalue weighted by molar-refractivity contribution is 5.41. The SMILES string of the molecule is COc1cc(CN(C)CCCCCO)ccc1O. The molecule has 4 nitrogen and oxygen atoms in total. The fourth-order valence-electron chi connectivity index (χ4n) is 1.88. The van der Waals surface area contributed by atoms with E-state index >= 15 is 0 Å². The molecule has 0 aliphatic heterocycles. The zero-order valence-electron chi connectivity index (χ0n) is 11.2. The van der Waals surface area contributed by atoms with Gasteiger partial charge in [0.2, 0.25) is 0 Å². The summed E-state index contributed by atoms with van der Waals surface area (Å²) in [6.07, 6.45) is 3.02. The highest BCUT2D eigenvalue weighted by atomic mass is 16.5. The first kappa shape index (κ1) is 14.8. The number of rotatable bonds is 8. The largest absolute Gasteiger partial charge is 0.504 e. The number of nitrogens with zero attached hydrogens (tertiary/aromatic N) is 1. The summed E-state index contributed by atoms with van der Waals surface area (Å²) in [6.45, 7) is 2.11. The molecule has 4 heteroatoms. The molecule has 0 unspecified atom stereocenters. The van der Waals surface area contributed by atoms with Crippen LogP contribution in [0.25, 0.3) is 0 Å². The van der Waals surface area contributed by atoms with E-state index in [1.165, 1.54) is 0 Å².